The third kappa shape index (κ3) is 3.25. The van der Waals surface area contributed by atoms with E-state index in [0.29, 0.717) is 17.6 Å². The zero-order valence-electron chi connectivity index (χ0n) is 21.1. The first-order valence-corrected chi connectivity index (χ1v) is 12.0. The van der Waals surface area contributed by atoms with Crippen LogP contribution in [-0.2, 0) is 23.9 Å². The molecule has 2 fully saturated rings. The average molecular weight is 476 g/mol. The van der Waals surface area contributed by atoms with Gasteiger partial charge in [-0.05, 0) is 38.6 Å². The summed E-state index contributed by atoms with van der Waals surface area (Å²) < 4.78 is 12.0. The summed E-state index contributed by atoms with van der Waals surface area (Å²) in [4.78, 5) is 39.9. The lowest BCUT2D eigenvalue weighted by Crippen LogP contribution is -2.63. The number of hydrogen-bond acceptors (Lipinski definition) is 8. The SMILES string of the molecule is CC(=O)O[C@@]12[C@H](OC(=O)CN(C)C)[C@@H](C)[C@]3(O)[C@@H]4C=C(C)C(=O)[C@@H]4CC(CO)=C[C@H]3[C@@H]1C2(C)C. The molecule has 0 unspecified atom stereocenters. The van der Waals surface area contributed by atoms with Gasteiger partial charge in [-0.2, -0.15) is 0 Å². The molecule has 188 valence electrons. The zero-order chi connectivity index (χ0) is 25.4. The van der Waals surface area contributed by atoms with Gasteiger partial charge in [0.05, 0.1) is 18.8 Å². The Balaban J connectivity index is 1.89. The molecule has 8 nitrogen and oxygen atoms in total. The van der Waals surface area contributed by atoms with Gasteiger partial charge in [-0.15, -0.1) is 0 Å². The van der Waals surface area contributed by atoms with Crippen molar-refractivity contribution >= 4 is 17.7 Å². The Kier molecular flexibility index (Phi) is 5.90. The van der Waals surface area contributed by atoms with Gasteiger partial charge in [-0.25, -0.2) is 0 Å². The fourth-order valence-corrected chi connectivity index (χ4v) is 7.43. The van der Waals surface area contributed by atoms with Crippen molar-refractivity contribution in [2.75, 3.05) is 27.2 Å². The monoisotopic (exact) mass is 475 g/mol. The third-order valence-corrected chi connectivity index (χ3v) is 8.90. The normalized spacial score (nSPS) is 42.0. The largest absolute Gasteiger partial charge is 0.457 e. The fraction of sp³-hybridized carbons (Fsp3) is 0.731. The molecule has 34 heavy (non-hydrogen) atoms. The second kappa shape index (κ2) is 8.00. The Morgan fingerprint density at radius 1 is 1.21 bits per heavy atom. The Morgan fingerprint density at radius 2 is 1.85 bits per heavy atom. The number of hydrogen-bond donors (Lipinski definition) is 2. The average Bonchev–Trinajstić information content (AvgIpc) is 3.11. The molecule has 0 aromatic heterocycles. The highest BCUT2D eigenvalue weighted by atomic mass is 16.6. The number of nitrogens with zero attached hydrogens (tertiary/aromatic N) is 1. The molecule has 4 aliphatic carbocycles. The number of carbonyl (C=O) groups is 3. The highest BCUT2D eigenvalue weighted by molar-refractivity contribution is 6.00. The summed E-state index contributed by atoms with van der Waals surface area (Å²) in [5.41, 5.74) is -1.86. The predicted octanol–water partition coefficient (Wildman–Crippen LogP) is 1.50. The van der Waals surface area contributed by atoms with Crippen molar-refractivity contribution < 1.29 is 34.1 Å². The van der Waals surface area contributed by atoms with Gasteiger partial charge in [0, 0.05) is 41.9 Å². The maximum Gasteiger partial charge on any atom is 0.320 e. The van der Waals surface area contributed by atoms with Crippen LogP contribution in [0, 0.1) is 35.0 Å². The lowest BCUT2D eigenvalue weighted by atomic mass is 9.60. The van der Waals surface area contributed by atoms with Crippen molar-refractivity contribution in [1.29, 1.82) is 0 Å². The Morgan fingerprint density at radius 3 is 2.41 bits per heavy atom. The minimum atomic E-state index is -1.43. The van der Waals surface area contributed by atoms with E-state index in [2.05, 4.69) is 0 Å². The number of allylic oxidation sites excluding steroid dienone is 1. The first-order chi connectivity index (χ1) is 15.7. The lowest BCUT2D eigenvalue weighted by Gasteiger charge is -2.52. The molecule has 0 aromatic carbocycles. The smallest absolute Gasteiger partial charge is 0.320 e. The van der Waals surface area contributed by atoms with Crippen LogP contribution in [0.25, 0.3) is 0 Å². The summed E-state index contributed by atoms with van der Waals surface area (Å²) in [5, 5.41) is 22.6. The molecular formula is C26H37NO7. The second-order valence-electron chi connectivity index (χ2n) is 11.5. The van der Waals surface area contributed by atoms with Crippen molar-refractivity contribution in [3.8, 4) is 0 Å². The van der Waals surface area contributed by atoms with Gasteiger partial charge in [-0.1, -0.05) is 32.9 Å². The second-order valence-corrected chi connectivity index (χ2v) is 11.5. The van der Waals surface area contributed by atoms with Crippen LogP contribution in [0.4, 0.5) is 0 Å². The Labute approximate surface area is 201 Å². The van der Waals surface area contributed by atoms with Gasteiger partial charge in [0.15, 0.2) is 11.4 Å². The van der Waals surface area contributed by atoms with Crippen LogP contribution in [0.5, 0.6) is 0 Å². The molecule has 0 amide bonds. The minimum Gasteiger partial charge on any atom is -0.457 e. The summed E-state index contributed by atoms with van der Waals surface area (Å²) in [5.74, 6) is -3.45. The first kappa shape index (κ1) is 25.1. The zero-order valence-corrected chi connectivity index (χ0v) is 21.1. The number of esters is 2. The number of Topliss-reactive ketones (excluding diaryl/α,β-unsaturated/α-hetero) is 1. The standard InChI is InChI=1S/C26H37NO7/c1-13-8-18-17(21(13)31)9-16(12-28)10-19-22-24(4,5)26(22,34-15(3)29)23(14(2)25(18,19)32)33-20(30)11-27(6)7/h8,10,14,17-19,22-23,28,32H,9,11-12H2,1-7H3/t14-,17-,18-,19+,22-,23-,25+,26-/m1/s1. The number of fused-ring (bicyclic) bond motifs is 5. The van der Waals surface area contributed by atoms with E-state index in [1.807, 2.05) is 32.9 Å². The molecule has 4 rings (SSSR count). The molecule has 2 N–H and O–H groups in total. The van der Waals surface area contributed by atoms with E-state index < -0.39 is 58.3 Å². The molecule has 0 radical (unpaired) electrons. The molecule has 0 bridgehead atoms. The van der Waals surface area contributed by atoms with E-state index in [4.69, 9.17) is 9.47 Å². The molecule has 0 aromatic rings. The highest BCUT2D eigenvalue weighted by Gasteiger charge is 2.87. The molecule has 4 aliphatic rings. The lowest BCUT2D eigenvalue weighted by molar-refractivity contribution is -0.219. The van der Waals surface area contributed by atoms with Crippen LogP contribution in [0.15, 0.2) is 23.3 Å². The van der Waals surface area contributed by atoms with Gasteiger partial charge in [0.1, 0.15) is 6.10 Å². The summed E-state index contributed by atoms with van der Waals surface area (Å²) in [6.07, 6.45) is 3.20. The van der Waals surface area contributed by atoms with E-state index in [1.165, 1.54) is 6.92 Å². The van der Waals surface area contributed by atoms with Crippen LogP contribution < -0.4 is 0 Å². The molecule has 0 heterocycles. The van der Waals surface area contributed by atoms with Gasteiger partial charge < -0.3 is 19.7 Å². The van der Waals surface area contributed by atoms with Crippen LogP contribution >= 0.6 is 0 Å². The van der Waals surface area contributed by atoms with Crippen LogP contribution in [0.3, 0.4) is 0 Å². The van der Waals surface area contributed by atoms with Crippen LogP contribution in [0.2, 0.25) is 0 Å². The molecular weight excluding hydrogens is 438 g/mol. The summed E-state index contributed by atoms with van der Waals surface area (Å²) >= 11 is 0. The third-order valence-electron chi connectivity index (χ3n) is 8.90. The quantitative estimate of drug-likeness (QED) is 0.454. The number of aliphatic hydroxyl groups is 2. The Bertz CT molecular complexity index is 982. The maximum atomic E-state index is 13.0. The number of carbonyl (C=O) groups excluding carboxylic acids is 3. The summed E-state index contributed by atoms with van der Waals surface area (Å²) in [6.45, 7) is 8.66. The number of ether oxygens (including phenoxy) is 2. The van der Waals surface area contributed by atoms with Crippen LogP contribution in [0.1, 0.15) is 41.0 Å². The van der Waals surface area contributed by atoms with Crippen molar-refractivity contribution in [2.24, 2.45) is 35.0 Å². The highest BCUT2D eigenvalue weighted by Crippen LogP contribution is 2.76. The number of aliphatic hydroxyl groups excluding tert-OH is 1. The van der Waals surface area contributed by atoms with E-state index >= 15 is 0 Å². The van der Waals surface area contributed by atoms with Gasteiger partial charge >= 0.3 is 11.9 Å². The maximum absolute atomic E-state index is 13.0. The first-order valence-electron chi connectivity index (χ1n) is 12.0. The molecule has 2 saturated carbocycles. The van der Waals surface area contributed by atoms with Gasteiger partial charge in [0.25, 0.3) is 0 Å². The minimum absolute atomic E-state index is 0.0290. The summed E-state index contributed by atoms with van der Waals surface area (Å²) in [7, 11) is 3.52. The molecule has 0 saturated heterocycles. The van der Waals surface area contributed by atoms with Crippen molar-refractivity contribution in [2.45, 2.75) is 58.3 Å². The summed E-state index contributed by atoms with van der Waals surface area (Å²) in [6, 6.07) is 0. The molecule has 8 atom stereocenters. The van der Waals surface area contributed by atoms with Crippen LogP contribution in [-0.4, -0.2) is 77.4 Å². The van der Waals surface area contributed by atoms with E-state index in [0.717, 1.165) is 0 Å². The van der Waals surface area contributed by atoms with E-state index in [9.17, 15) is 24.6 Å². The Hall–Kier alpha value is -2.03. The number of rotatable bonds is 5. The van der Waals surface area contributed by atoms with Crippen molar-refractivity contribution in [3.05, 3.63) is 23.3 Å². The topological polar surface area (TPSA) is 113 Å². The molecule has 0 spiro atoms. The molecule has 8 heteroatoms. The van der Waals surface area contributed by atoms with Crippen molar-refractivity contribution in [1.82, 2.24) is 4.90 Å². The molecule has 0 aliphatic heterocycles. The number of likely N-dealkylation sites (N-methyl/N-ethyl adjacent to an activating group) is 1. The predicted molar refractivity (Wildman–Crippen MR) is 123 cm³/mol. The number of ketones is 1. The van der Waals surface area contributed by atoms with E-state index in [1.54, 1.807) is 25.9 Å². The van der Waals surface area contributed by atoms with Crippen molar-refractivity contribution in [3.63, 3.8) is 0 Å². The van der Waals surface area contributed by atoms with Gasteiger partial charge in [-0.3, -0.25) is 19.3 Å². The fourth-order valence-electron chi connectivity index (χ4n) is 7.43. The van der Waals surface area contributed by atoms with Gasteiger partial charge in [0.2, 0.25) is 0 Å². The van der Waals surface area contributed by atoms with E-state index in [-0.39, 0.29) is 24.9 Å².